The number of pyridine rings is 1. The molecule has 0 aliphatic rings. The first-order valence-electron chi connectivity index (χ1n) is 4.78. The van der Waals surface area contributed by atoms with E-state index in [2.05, 4.69) is 27.0 Å². The van der Waals surface area contributed by atoms with Crippen LogP contribution >= 0.6 is 27.7 Å². The highest BCUT2D eigenvalue weighted by molar-refractivity contribution is 9.10. The molecule has 0 bridgehead atoms. The predicted octanol–water partition coefficient (Wildman–Crippen LogP) is 3.45. The lowest BCUT2D eigenvalue weighted by atomic mass is 10.2. The van der Waals surface area contributed by atoms with Crippen molar-refractivity contribution in [3.63, 3.8) is 0 Å². The van der Waals surface area contributed by atoms with E-state index in [9.17, 15) is 0 Å². The van der Waals surface area contributed by atoms with Crippen molar-refractivity contribution in [2.24, 2.45) is 0 Å². The number of aromatic nitrogens is 1. The highest BCUT2D eigenvalue weighted by Crippen LogP contribution is 2.34. The summed E-state index contributed by atoms with van der Waals surface area (Å²) in [5.41, 5.74) is 7.03. The van der Waals surface area contributed by atoms with Crippen LogP contribution in [-0.2, 0) is 0 Å². The van der Waals surface area contributed by atoms with Gasteiger partial charge in [-0.15, -0.1) is 0 Å². The normalized spacial score (nSPS) is 9.88. The Hall–Kier alpha value is -1.51. The zero-order valence-corrected chi connectivity index (χ0v) is 11.1. The van der Waals surface area contributed by atoms with Crippen molar-refractivity contribution in [2.45, 2.75) is 9.92 Å². The lowest BCUT2D eigenvalue weighted by Crippen LogP contribution is -1.90. The predicted molar refractivity (Wildman–Crippen MR) is 71.6 cm³/mol. The Kier molecular flexibility index (Phi) is 3.67. The SMILES string of the molecule is N#Cc1ccc(Sc2ncccc2Br)c(N)c1. The number of anilines is 1. The molecule has 0 fully saturated rings. The molecule has 1 aromatic carbocycles. The molecule has 17 heavy (non-hydrogen) atoms. The summed E-state index contributed by atoms with van der Waals surface area (Å²) in [4.78, 5) is 5.14. The second kappa shape index (κ2) is 5.21. The lowest BCUT2D eigenvalue weighted by Gasteiger charge is -2.06. The Morgan fingerprint density at radius 3 is 2.82 bits per heavy atom. The van der Waals surface area contributed by atoms with Gasteiger partial charge in [-0.05, 0) is 46.3 Å². The lowest BCUT2D eigenvalue weighted by molar-refractivity contribution is 1.11. The topological polar surface area (TPSA) is 62.7 Å². The fourth-order valence-corrected chi connectivity index (χ4v) is 2.56. The van der Waals surface area contributed by atoms with Crippen LogP contribution in [0.25, 0.3) is 0 Å². The Morgan fingerprint density at radius 1 is 1.35 bits per heavy atom. The number of rotatable bonds is 2. The highest BCUT2D eigenvalue weighted by Gasteiger charge is 2.06. The third-order valence-corrected chi connectivity index (χ3v) is 4.08. The Bertz CT molecular complexity index is 593. The number of nitrogen functional groups attached to an aromatic ring is 1. The average molecular weight is 306 g/mol. The van der Waals surface area contributed by atoms with Crippen LogP contribution in [0.1, 0.15) is 5.56 Å². The van der Waals surface area contributed by atoms with E-state index in [-0.39, 0.29) is 0 Å². The first kappa shape index (κ1) is 12.0. The second-order valence-electron chi connectivity index (χ2n) is 3.26. The van der Waals surface area contributed by atoms with Crippen molar-refractivity contribution in [1.82, 2.24) is 4.98 Å². The number of nitrogens with two attached hydrogens (primary N) is 1. The van der Waals surface area contributed by atoms with E-state index >= 15 is 0 Å². The van der Waals surface area contributed by atoms with Gasteiger partial charge >= 0.3 is 0 Å². The molecular weight excluding hydrogens is 298 g/mol. The van der Waals surface area contributed by atoms with Crippen LogP contribution in [0, 0.1) is 11.3 Å². The molecule has 0 amide bonds. The van der Waals surface area contributed by atoms with Crippen LogP contribution in [0.15, 0.2) is 50.9 Å². The molecule has 0 unspecified atom stereocenters. The van der Waals surface area contributed by atoms with Gasteiger partial charge in [0.15, 0.2) is 0 Å². The van der Waals surface area contributed by atoms with Crippen LogP contribution in [0.3, 0.4) is 0 Å². The van der Waals surface area contributed by atoms with Crippen LogP contribution in [-0.4, -0.2) is 4.98 Å². The molecule has 84 valence electrons. The fraction of sp³-hybridized carbons (Fsp3) is 0. The molecule has 2 rings (SSSR count). The van der Waals surface area contributed by atoms with Gasteiger partial charge in [0.1, 0.15) is 5.03 Å². The molecule has 0 atom stereocenters. The fourth-order valence-electron chi connectivity index (χ4n) is 1.26. The first-order chi connectivity index (χ1) is 8.20. The smallest absolute Gasteiger partial charge is 0.115 e. The van der Waals surface area contributed by atoms with E-state index in [1.807, 2.05) is 18.2 Å². The molecule has 0 saturated heterocycles. The summed E-state index contributed by atoms with van der Waals surface area (Å²) in [5.74, 6) is 0. The minimum absolute atomic E-state index is 0.562. The minimum Gasteiger partial charge on any atom is -0.398 e. The Balaban J connectivity index is 2.32. The maximum atomic E-state index is 8.75. The molecule has 1 heterocycles. The summed E-state index contributed by atoms with van der Waals surface area (Å²) in [6, 6.07) is 11.1. The van der Waals surface area contributed by atoms with Gasteiger partial charge in [0.2, 0.25) is 0 Å². The van der Waals surface area contributed by atoms with Gasteiger partial charge in [-0.3, -0.25) is 0 Å². The molecule has 0 aliphatic heterocycles. The molecule has 5 heteroatoms. The van der Waals surface area contributed by atoms with E-state index in [4.69, 9.17) is 11.0 Å². The van der Waals surface area contributed by atoms with Gasteiger partial charge in [-0.1, -0.05) is 11.8 Å². The van der Waals surface area contributed by atoms with Crippen molar-refractivity contribution >= 4 is 33.4 Å². The standard InChI is InChI=1S/C12H8BrN3S/c13-9-2-1-5-16-12(9)17-11-4-3-8(7-14)6-10(11)15/h1-6H,15H2. The molecule has 0 radical (unpaired) electrons. The molecule has 3 nitrogen and oxygen atoms in total. The van der Waals surface area contributed by atoms with Crippen LogP contribution in [0.4, 0.5) is 5.69 Å². The summed E-state index contributed by atoms with van der Waals surface area (Å²) < 4.78 is 0.925. The van der Waals surface area contributed by atoms with Crippen molar-refractivity contribution in [2.75, 3.05) is 5.73 Å². The van der Waals surface area contributed by atoms with Gasteiger partial charge in [-0.2, -0.15) is 5.26 Å². The number of hydrogen-bond donors (Lipinski definition) is 1. The number of benzene rings is 1. The quantitative estimate of drug-likeness (QED) is 0.863. The summed E-state index contributed by atoms with van der Waals surface area (Å²) in [5, 5.41) is 9.61. The first-order valence-corrected chi connectivity index (χ1v) is 6.39. The molecule has 1 aromatic heterocycles. The van der Waals surface area contributed by atoms with Crippen molar-refractivity contribution in [3.05, 3.63) is 46.6 Å². The van der Waals surface area contributed by atoms with Crippen molar-refractivity contribution < 1.29 is 0 Å². The van der Waals surface area contributed by atoms with Crippen LogP contribution in [0.2, 0.25) is 0 Å². The maximum absolute atomic E-state index is 8.75. The molecule has 0 aliphatic carbocycles. The summed E-state index contributed by atoms with van der Waals surface area (Å²) in [6.07, 6.45) is 1.73. The Labute approximate surface area is 112 Å². The average Bonchev–Trinajstić information content (AvgIpc) is 2.34. The summed E-state index contributed by atoms with van der Waals surface area (Å²) in [6.45, 7) is 0. The molecule has 0 spiro atoms. The minimum atomic E-state index is 0.562. The van der Waals surface area contributed by atoms with E-state index in [1.54, 1.807) is 18.3 Å². The summed E-state index contributed by atoms with van der Waals surface area (Å²) in [7, 11) is 0. The number of nitriles is 1. The zero-order chi connectivity index (χ0) is 12.3. The number of nitrogens with zero attached hydrogens (tertiary/aromatic N) is 2. The molecular formula is C12H8BrN3S. The maximum Gasteiger partial charge on any atom is 0.115 e. The van der Waals surface area contributed by atoms with Crippen molar-refractivity contribution in [1.29, 1.82) is 5.26 Å². The van der Waals surface area contributed by atoms with Crippen molar-refractivity contribution in [3.8, 4) is 6.07 Å². The summed E-state index contributed by atoms with van der Waals surface area (Å²) >= 11 is 4.90. The van der Waals surface area contributed by atoms with Gasteiger partial charge in [0.05, 0.1) is 16.1 Å². The Morgan fingerprint density at radius 2 is 2.18 bits per heavy atom. The second-order valence-corrected chi connectivity index (χ2v) is 5.14. The third-order valence-electron chi connectivity index (χ3n) is 2.07. The van der Waals surface area contributed by atoms with Crippen LogP contribution < -0.4 is 5.73 Å². The van der Waals surface area contributed by atoms with E-state index in [1.165, 1.54) is 11.8 Å². The van der Waals surface area contributed by atoms with E-state index < -0.39 is 0 Å². The monoisotopic (exact) mass is 305 g/mol. The number of halogens is 1. The zero-order valence-electron chi connectivity index (χ0n) is 8.72. The van der Waals surface area contributed by atoms with E-state index in [0.29, 0.717) is 11.3 Å². The van der Waals surface area contributed by atoms with Gasteiger partial charge < -0.3 is 5.73 Å². The van der Waals surface area contributed by atoms with E-state index in [0.717, 1.165) is 14.4 Å². The molecule has 0 saturated carbocycles. The number of hydrogen-bond acceptors (Lipinski definition) is 4. The third kappa shape index (κ3) is 2.78. The molecule has 2 N–H and O–H groups in total. The highest BCUT2D eigenvalue weighted by atomic mass is 79.9. The van der Waals surface area contributed by atoms with Gasteiger partial charge in [0.25, 0.3) is 0 Å². The van der Waals surface area contributed by atoms with Crippen LogP contribution in [0.5, 0.6) is 0 Å². The van der Waals surface area contributed by atoms with Gasteiger partial charge in [-0.25, -0.2) is 4.98 Å². The largest absolute Gasteiger partial charge is 0.398 e. The van der Waals surface area contributed by atoms with Gasteiger partial charge in [0, 0.05) is 16.8 Å². The molecule has 2 aromatic rings.